The number of anilines is 2. The Kier molecular flexibility index (Phi) is 6.49. The molecule has 3 aromatic carbocycles. The van der Waals surface area contributed by atoms with Gasteiger partial charge in [-0.2, -0.15) is 0 Å². The smallest absolute Gasteiger partial charge is 0.254 e. The number of carbonyl (C=O) groups is 2. The quantitative estimate of drug-likeness (QED) is 0.401. The average molecular weight is 483 g/mol. The lowest BCUT2D eigenvalue weighted by Crippen LogP contribution is -2.28. The van der Waals surface area contributed by atoms with Crippen molar-refractivity contribution in [3.8, 4) is 17.2 Å². The molecule has 1 N–H and O–H groups in total. The predicted molar refractivity (Wildman–Crippen MR) is 136 cm³/mol. The van der Waals surface area contributed by atoms with E-state index in [4.69, 9.17) is 9.15 Å². The Bertz CT molecular complexity index is 1380. The highest BCUT2D eigenvalue weighted by Gasteiger charge is 2.35. The van der Waals surface area contributed by atoms with Gasteiger partial charge in [0.25, 0.3) is 5.89 Å². The summed E-state index contributed by atoms with van der Waals surface area (Å²) in [6.07, 6.45) is 0.190. The van der Waals surface area contributed by atoms with Crippen LogP contribution in [0.4, 0.5) is 11.4 Å². The molecule has 5 rings (SSSR count). The van der Waals surface area contributed by atoms with E-state index in [2.05, 4.69) is 15.5 Å². The van der Waals surface area contributed by atoms with Gasteiger partial charge in [0, 0.05) is 29.9 Å². The Balaban J connectivity index is 1.15. The monoisotopic (exact) mass is 482 g/mol. The van der Waals surface area contributed by atoms with Gasteiger partial charge in [-0.3, -0.25) is 9.59 Å². The molecule has 4 aromatic rings. The van der Waals surface area contributed by atoms with Gasteiger partial charge in [-0.15, -0.1) is 10.2 Å². The molecule has 182 valence electrons. The van der Waals surface area contributed by atoms with Crippen molar-refractivity contribution in [3.63, 3.8) is 0 Å². The standard InChI is InChI=1S/C28H26N4O4/c1-18-8-11-23(14-19(18)2)32-16-21(15-26(32)33)27(34)29-22-9-12-24(13-10-22)35-17-25-30-31-28(36-25)20-6-4-3-5-7-20/h3-14,21H,15-17H2,1-2H3,(H,29,34). The van der Waals surface area contributed by atoms with Gasteiger partial charge < -0.3 is 19.4 Å². The van der Waals surface area contributed by atoms with Crippen LogP contribution in [0.25, 0.3) is 11.5 Å². The third-order valence-electron chi connectivity index (χ3n) is 6.27. The van der Waals surface area contributed by atoms with E-state index in [0.717, 1.165) is 16.8 Å². The fraction of sp³-hybridized carbons (Fsp3) is 0.214. The number of hydrogen-bond donors (Lipinski definition) is 1. The van der Waals surface area contributed by atoms with E-state index in [1.165, 1.54) is 5.56 Å². The minimum Gasteiger partial charge on any atom is -0.484 e. The third kappa shape index (κ3) is 5.12. The molecule has 2 amide bonds. The number of aromatic nitrogens is 2. The van der Waals surface area contributed by atoms with E-state index >= 15 is 0 Å². The zero-order chi connectivity index (χ0) is 25.1. The molecule has 0 bridgehead atoms. The van der Waals surface area contributed by atoms with Crippen molar-refractivity contribution in [2.45, 2.75) is 26.9 Å². The topological polar surface area (TPSA) is 97.6 Å². The Labute approximate surface area is 208 Å². The number of nitrogens with one attached hydrogen (secondary N) is 1. The van der Waals surface area contributed by atoms with E-state index in [1.807, 2.05) is 62.4 Å². The Morgan fingerprint density at radius 3 is 2.56 bits per heavy atom. The van der Waals surface area contributed by atoms with Crippen LogP contribution in [0.15, 0.2) is 77.2 Å². The highest BCUT2D eigenvalue weighted by molar-refractivity contribution is 6.03. The molecular weight excluding hydrogens is 456 g/mol. The third-order valence-corrected chi connectivity index (χ3v) is 6.27. The van der Waals surface area contributed by atoms with Crippen molar-refractivity contribution >= 4 is 23.2 Å². The number of amides is 2. The minimum absolute atomic E-state index is 0.0430. The molecule has 2 heterocycles. The second kappa shape index (κ2) is 10.0. The second-order valence-corrected chi connectivity index (χ2v) is 8.84. The maximum atomic E-state index is 12.8. The van der Waals surface area contributed by atoms with E-state index in [9.17, 15) is 9.59 Å². The minimum atomic E-state index is -0.411. The van der Waals surface area contributed by atoms with Gasteiger partial charge in [0.2, 0.25) is 17.7 Å². The molecule has 1 atom stereocenters. The zero-order valence-corrected chi connectivity index (χ0v) is 20.1. The number of rotatable bonds is 7. The Morgan fingerprint density at radius 1 is 1.03 bits per heavy atom. The van der Waals surface area contributed by atoms with Crippen LogP contribution in [0.5, 0.6) is 5.75 Å². The molecule has 0 aliphatic carbocycles. The fourth-order valence-corrected chi connectivity index (χ4v) is 4.06. The van der Waals surface area contributed by atoms with E-state index in [0.29, 0.717) is 29.8 Å². The average Bonchev–Trinajstić information content (AvgIpc) is 3.53. The molecule has 0 radical (unpaired) electrons. The van der Waals surface area contributed by atoms with Gasteiger partial charge in [-0.1, -0.05) is 24.3 Å². The summed E-state index contributed by atoms with van der Waals surface area (Å²) in [5.41, 5.74) is 4.59. The second-order valence-electron chi connectivity index (χ2n) is 8.84. The van der Waals surface area contributed by atoms with Gasteiger partial charge in [-0.25, -0.2) is 0 Å². The summed E-state index contributed by atoms with van der Waals surface area (Å²) in [4.78, 5) is 27.1. The van der Waals surface area contributed by atoms with Crippen molar-refractivity contribution < 1.29 is 18.7 Å². The Morgan fingerprint density at radius 2 is 1.81 bits per heavy atom. The molecule has 1 aromatic heterocycles. The van der Waals surface area contributed by atoms with E-state index < -0.39 is 5.92 Å². The molecule has 1 unspecified atom stereocenters. The van der Waals surface area contributed by atoms with Crippen LogP contribution in [-0.2, 0) is 16.2 Å². The number of carbonyl (C=O) groups excluding carboxylic acids is 2. The molecule has 0 spiro atoms. The number of aryl methyl sites for hydroxylation is 2. The SMILES string of the molecule is Cc1ccc(N2CC(C(=O)Nc3ccc(OCc4nnc(-c5ccccc5)o4)cc3)CC2=O)cc1C. The lowest BCUT2D eigenvalue weighted by Gasteiger charge is -2.18. The highest BCUT2D eigenvalue weighted by Crippen LogP contribution is 2.28. The summed E-state index contributed by atoms with van der Waals surface area (Å²) < 4.78 is 11.4. The van der Waals surface area contributed by atoms with Gasteiger partial charge in [0.1, 0.15) is 5.75 Å². The summed E-state index contributed by atoms with van der Waals surface area (Å²) in [6, 6.07) is 22.5. The van der Waals surface area contributed by atoms with Gasteiger partial charge in [0.05, 0.1) is 5.92 Å². The molecule has 8 heteroatoms. The van der Waals surface area contributed by atoms with Crippen LogP contribution >= 0.6 is 0 Å². The largest absolute Gasteiger partial charge is 0.484 e. The van der Waals surface area contributed by atoms with Crippen molar-refractivity contribution in [2.75, 3.05) is 16.8 Å². The first-order valence-electron chi connectivity index (χ1n) is 11.8. The predicted octanol–water partition coefficient (Wildman–Crippen LogP) is 4.92. The van der Waals surface area contributed by atoms with Crippen molar-refractivity contribution in [3.05, 3.63) is 89.8 Å². The van der Waals surface area contributed by atoms with Gasteiger partial charge >= 0.3 is 0 Å². The van der Waals surface area contributed by atoms with Crippen LogP contribution < -0.4 is 15.0 Å². The first-order valence-corrected chi connectivity index (χ1v) is 11.8. The molecule has 1 fully saturated rings. The van der Waals surface area contributed by atoms with Gasteiger partial charge in [0.15, 0.2) is 6.61 Å². The molecule has 1 saturated heterocycles. The summed E-state index contributed by atoms with van der Waals surface area (Å²) in [5, 5.41) is 11.0. The molecule has 0 saturated carbocycles. The summed E-state index contributed by atoms with van der Waals surface area (Å²) in [6.45, 7) is 4.54. The molecule has 1 aliphatic heterocycles. The first kappa shape index (κ1) is 23.3. The van der Waals surface area contributed by atoms with Crippen LogP contribution in [0.3, 0.4) is 0 Å². The highest BCUT2D eigenvalue weighted by atomic mass is 16.5. The summed E-state index contributed by atoms with van der Waals surface area (Å²) >= 11 is 0. The molecule has 1 aliphatic rings. The van der Waals surface area contributed by atoms with Crippen LogP contribution in [-0.4, -0.2) is 28.6 Å². The molecular formula is C28H26N4O4. The number of ether oxygens (including phenoxy) is 1. The lowest BCUT2D eigenvalue weighted by molar-refractivity contribution is -0.122. The van der Waals surface area contributed by atoms with E-state index in [-0.39, 0.29) is 24.8 Å². The summed E-state index contributed by atoms with van der Waals surface area (Å²) in [7, 11) is 0. The maximum absolute atomic E-state index is 12.8. The lowest BCUT2D eigenvalue weighted by atomic mass is 10.1. The van der Waals surface area contributed by atoms with Crippen molar-refractivity contribution in [2.24, 2.45) is 5.92 Å². The number of hydrogen-bond acceptors (Lipinski definition) is 6. The Hall–Kier alpha value is -4.46. The van der Waals surface area contributed by atoms with Crippen molar-refractivity contribution in [1.82, 2.24) is 10.2 Å². The van der Waals surface area contributed by atoms with Crippen LogP contribution in [0.2, 0.25) is 0 Å². The first-order chi connectivity index (χ1) is 17.5. The fourth-order valence-electron chi connectivity index (χ4n) is 4.06. The zero-order valence-electron chi connectivity index (χ0n) is 20.1. The molecule has 36 heavy (non-hydrogen) atoms. The molecule has 8 nitrogen and oxygen atoms in total. The summed E-state index contributed by atoms with van der Waals surface area (Å²) in [5.74, 6) is 0.774. The number of nitrogens with zero attached hydrogens (tertiary/aromatic N) is 3. The van der Waals surface area contributed by atoms with E-state index in [1.54, 1.807) is 29.2 Å². The van der Waals surface area contributed by atoms with Crippen molar-refractivity contribution in [1.29, 1.82) is 0 Å². The number of benzene rings is 3. The van der Waals surface area contributed by atoms with Gasteiger partial charge in [-0.05, 0) is 73.5 Å². The maximum Gasteiger partial charge on any atom is 0.254 e. The normalized spacial score (nSPS) is 15.2. The van der Waals surface area contributed by atoms with Crippen LogP contribution in [0, 0.1) is 19.8 Å². The van der Waals surface area contributed by atoms with Crippen LogP contribution in [0.1, 0.15) is 23.4 Å².